The number of hydrogen-bond acceptors (Lipinski definition) is 8. The number of nitrogens with zero attached hydrogens (tertiary/aromatic N) is 2. The number of carboxylic acids is 2. The topological polar surface area (TPSA) is 152 Å². The fourth-order valence-corrected chi connectivity index (χ4v) is 5.23. The van der Waals surface area contributed by atoms with Gasteiger partial charge in [0.1, 0.15) is 0 Å². The predicted octanol–water partition coefficient (Wildman–Crippen LogP) is 3.85. The molecule has 2 aliphatic rings. The molecule has 238 valence electrons. The van der Waals surface area contributed by atoms with Crippen molar-refractivity contribution in [3.63, 3.8) is 0 Å². The Hall–Kier alpha value is -4.48. The molecule has 2 amide bonds. The van der Waals surface area contributed by atoms with Gasteiger partial charge in [0.25, 0.3) is 0 Å². The molecule has 2 aromatic rings. The standard InChI is InChI=1S/C32H40N2O10/c1-19(31(37)38)9-29(35)33-15-21-11-25(41-3)27(13-23(21)17-33)43-7-5-6-8-44-28-14-24-18-34(16-22(24)12-26(28)42-4)30(36)10-20(2)32(39)40/h11-14,19-20H,5-10,15-18H2,1-4H3,(H,37,38)(H,39,40)/t19-,20-/m0/s1. The summed E-state index contributed by atoms with van der Waals surface area (Å²) in [6, 6.07) is 7.49. The number of fused-ring (bicyclic) bond motifs is 2. The number of amides is 2. The van der Waals surface area contributed by atoms with Crippen LogP contribution in [0.25, 0.3) is 0 Å². The lowest BCUT2D eigenvalue weighted by atomic mass is 10.1. The number of aliphatic carboxylic acids is 2. The fraction of sp³-hybridized carbons (Fsp3) is 0.500. The number of unbranched alkanes of at least 4 members (excludes halogenated alkanes) is 1. The van der Waals surface area contributed by atoms with E-state index >= 15 is 0 Å². The number of methoxy groups -OCH3 is 2. The average molecular weight is 613 g/mol. The van der Waals surface area contributed by atoms with E-state index in [2.05, 4.69) is 0 Å². The van der Waals surface area contributed by atoms with Gasteiger partial charge in [0, 0.05) is 39.0 Å². The Morgan fingerprint density at radius 2 is 0.955 bits per heavy atom. The highest BCUT2D eigenvalue weighted by molar-refractivity contribution is 5.83. The number of benzene rings is 2. The minimum atomic E-state index is -0.991. The third-order valence-corrected chi connectivity index (χ3v) is 7.98. The minimum absolute atomic E-state index is 0.0464. The highest BCUT2D eigenvalue weighted by Crippen LogP contribution is 2.37. The van der Waals surface area contributed by atoms with Crippen LogP contribution >= 0.6 is 0 Å². The number of carboxylic acid groups (broad SMARTS) is 2. The Bertz CT molecular complexity index is 1300. The molecule has 2 aliphatic heterocycles. The third-order valence-electron chi connectivity index (χ3n) is 7.98. The zero-order valence-corrected chi connectivity index (χ0v) is 25.6. The van der Waals surface area contributed by atoms with Gasteiger partial charge < -0.3 is 39.0 Å². The van der Waals surface area contributed by atoms with E-state index in [0.717, 1.165) is 22.3 Å². The quantitative estimate of drug-likeness (QED) is 0.284. The minimum Gasteiger partial charge on any atom is -0.493 e. The summed E-state index contributed by atoms with van der Waals surface area (Å²) in [7, 11) is 3.12. The monoisotopic (exact) mass is 612 g/mol. The van der Waals surface area contributed by atoms with Gasteiger partial charge in [0.15, 0.2) is 23.0 Å². The SMILES string of the molecule is COc1cc2c(cc1OCCCCOc1cc3c(cc1OC)CN(C(=O)C[C@H](C)C(=O)O)C3)CN(C(=O)C[C@H](C)C(=O)O)C2. The normalized spacial score (nSPS) is 14.8. The van der Waals surface area contributed by atoms with Crippen LogP contribution in [0.4, 0.5) is 0 Å². The van der Waals surface area contributed by atoms with Crippen LogP contribution in [-0.2, 0) is 45.4 Å². The van der Waals surface area contributed by atoms with Crippen LogP contribution < -0.4 is 18.9 Å². The number of carbonyl (C=O) groups is 4. The van der Waals surface area contributed by atoms with Crippen LogP contribution in [0.5, 0.6) is 23.0 Å². The van der Waals surface area contributed by atoms with Gasteiger partial charge >= 0.3 is 11.9 Å². The molecule has 0 unspecified atom stereocenters. The molecule has 0 aromatic heterocycles. The molecule has 2 atom stereocenters. The van der Waals surface area contributed by atoms with Gasteiger partial charge in [-0.3, -0.25) is 19.2 Å². The van der Waals surface area contributed by atoms with Crippen LogP contribution in [0, 0.1) is 11.8 Å². The van der Waals surface area contributed by atoms with Crippen LogP contribution in [0.1, 0.15) is 61.8 Å². The van der Waals surface area contributed by atoms with Gasteiger partial charge in [-0.1, -0.05) is 13.8 Å². The Kier molecular flexibility index (Phi) is 10.6. The van der Waals surface area contributed by atoms with Gasteiger partial charge in [-0.15, -0.1) is 0 Å². The molecule has 0 saturated carbocycles. The first-order chi connectivity index (χ1) is 21.0. The zero-order chi connectivity index (χ0) is 32.0. The van der Waals surface area contributed by atoms with Crippen molar-refractivity contribution in [2.45, 2.75) is 65.7 Å². The van der Waals surface area contributed by atoms with E-state index in [9.17, 15) is 19.2 Å². The maximum Gasteiger partial charge on any atom is 0.306 e. The third kappa shape index (κ3) is 7.72. The Morgan fingerprint density at radius 1 is 0.636 bits per heavy atom. The maximum atomic E-state index is 12.6. The molecule has 0 spiro atoms. The lowest BCUT2D eigenvalue weighted by molar-refractivity contribution is -0.145. The van der Waals surface area contributed by atoms with E-state index in [1.165, 1.54) is 13.8 Å². The van der Waals surface area contributed by atoms with Gasteiger partial charge in [0.2, 0.25) is 11.8 Å². The average Bonchev–Trinajstić information content (AvgIpc) is 3.61. The molecule has 12 nitrogen and oxygen atoms in total. The van der Waals surface area contributed by atoms with Crippen LogP contribution in [0.3, 0.4) is 0 Å². The molecular weight excluding hydrogens is 572 g/mol. The summed E-state index contributed by atoms with van der Waals surface area (Å²) in [5.74, 6) is -1.56. The van der Waals surface area contributed by atoms with E-state index in [0.29, 0.717) is 75.2 Å². The summed E-state index contributed by atoms with van der Waals surface area (Å²) in [6.45, 7) is 5.48. The highest BCUT2D eigenvalue weighted by Gasteiger charge is 2.29. The van der Waals surface area contributed by atoms with Crippen molar-refractivity contribution in [3.8, 4) is 23.0 Å². The molecule has 4 rings (SSSR count). The Balaban J connectivity index is 1.26. The van der Waals surface area contributed by atoms with Crippen molar-refractivity contribution >= 4 is 23.8 Å². The Labute approximate surface area is 256 Å². The van der Waals surface area contributed by atoms with E-state index < -0.39 is 23.8 Å². The summed E-state index contributed by atoms with van der Waals surface area (Å²) in [5.41, 5.74) is 3.79. The van der Waals surface area contributed by atoms with Crippen molar-refractivity contribution in [1.29, 1.82) is 0 Å². The number of carbonyl (C=O) groups excluding carboxylic acids is 2. The molecule has 0 fully saturated rings. The van der Waals surface area contributed by atoms with Crippen molar-refractivity contribution in [1.82, 2.24) is 9.80 Å². The first-order valence-corrected chi connectivity index (χ1v) is 14.7. The number of hydrogen-bond donors (Lipinski definition) is 2. The molecule has 2 aromatic carbocycles. The first-order valence-electron chi connectivity index (χ1n) is 14.7. The van der Waals surface area contributed by atoms with Crippen molar-refractivity contribution < 1.29 is 48.3 Å². The van der Waals surface area contributed by atoms with E-state index in [1.807, 2.05) is 24.3 Å². The molecule has 2 heterocycles. The molecule has 0 saturated heterocycles. The van der Waals surface area contributed by atoms with E-state index in [-0.39, 0.29) is 24.7 Å². The largest absolute Gasteiger partial charge is 0.493 e. The van der Waals surface area contributed by atoms with Crippen LogP contribution in [0.15, 0.2) is 24.3 Å². The second-order valence-corrected chi connectivity index (χ2v) is 11.3. The number of ether oxygens (including phenoxy) is 4. The maximum absolute atomic E-state index is 12.6. The highest BCUT2D eigenvalue weighted by atomic mass is 16.5. The number of rotatable bonds is 15. The summed E-state index contributed by atoms with van der Waals surface area (Å²) in [4.78, 5) is 50.7. The molecule has 0 radical (unpaired) electrons. The first kappa shape index (κ1) is 32.4. The molecular formula is C32H40N2O10. The summed E-state index contributed by atoms with van der Waals surface area (Å²) in [5, 5.41) is 18.2. The summed E-state index contributed by atoms with van der Waals surface area (Å²) >= 11 is 0. The second-order valence-electron chi connectivity index (χ2n) is 11.3. The smallest absolute Gasteiger partial charge is 0.306 e. The van der Waals surface area contributed by atoms with E-state index in [1.54, 1.807) is 24.0 Å². The van der Waals surface area contributed by atoms with Crippen LogP contribution in [-0.4, -0.2) is 71.2 Å². The Morgan fingerprint density at radius 3 is 1.25 bits per heavy atom. The summed E-state index contributed by atoms with van der Waals surface area (Å²) in [6.07, 6.45) is 1.31. The molecule has 12 heteroatoms. The second kappa shape index (κ2) is 14.3. The zero-order valence-electron chi connectivity index (χ0n) is 25.6. The van der Waals surface area contributed by atoms with Crippen molar-refractivity contribution in [3.05, 3.63) is 46.5 Å². The lowest BCUT2D eigenvalue weighted by Crippen LogP contribution is -2.28. The molecule has 0 aliphatic carbocycles. The predicted molar refractivity (Wildman–Crippen MR) is 158 cm³/mol. The lowest BCUT2D eigenvalue weighted by Gasteiger charge is -2.16. The molecule has 0 bridgehead atoms. The van der Waals surface area contributed by atoms with Crippen molar-refractivity contribution in [2.75, 3.05) is 27.4 Å². The fourth-order valence-electron chi connectivity index (χ4n) is 5.23. The van der Waals surface area contributed by atoms with Crippen LogP contribution in [0.2, 0.25) is 0 Å². The van der Waals surface area contributed by atoms with Gasteiger partial charge in [-0.05, 0) is 59.4 Å². The summed E-state index contributed by atoms with van der Waals surface area (Å²) < 4.78 is 23.1. The van der Waals surface area contributed by atoms with E-state index in [4.69, 9.17) is 29.2 Å². The molecule has 44 heavy (non-hydrogen) atoms. The van der Waals surface area contributed by atoms with Gasteiger partial charge in [0.05, 0.1) is 39.3 Å². The van der Waals surface area contributed by atoms with Gasteiger partial charge in [-0.25, -0.2) is 0 Å². The van der Waals surface area contributed by atoms with Crippen molar-refractivity contribution in [2.24, 2.45) is 11.8 Å². The molecule has 2 N–H and O–H groups in total. The van der Waals surface area contributed by atoms with Gasteiger partial charge in [-0.2, -0.15) is 0 Å².